The summed E-state index contributed by atoms with van der Waals surface area (Å²) in [7, 11) is 1.71. The van der Waals surface area contributed by atoms with Crippen molar-refractivity contribution >= 4 is 22.3 Å². The second kappa shape index (κ2) is 11.4. The predicted molar refractivity (Wildman–Crippen MR) is 151 cm³/mol. The van der Waals surface area contributed by atoms with E-state index in [4.69, 9.17) is 14.5 Å². The van der Waals surface area contributed by atoms with Gasteiger partial charge >= 0.3 is 0 Å². The Balaban J connectivity index is 1.19. The van der Waals surface area contributed by atoms with Gasteiger partial charge in [-0.2, -0.15) is 0 Å². The van der Waals surface area contributed by atoms with E-state index in [1.165, 1.54) is 42.9 Å². The summed E-state index contributed by atoms with van der Waals surface area (Å²) in [4.78, 5) is 9.75. The number of rotatable bonds is 9. The minimum atomic E-state index is -0.141. The number of likely N-dealkylation sites (tertiary alicyclic amines) is 1. The number of hydrogen-bond donors (Lipinski definition) is 1. The molecule has 2 fully saturated rings. The number of hydrogen-bond acceptors (Lipinski definition) is 6. The first-order valence-electron chi connectivity index (χ1n) is 14.3. The van der Waals surface area contributed by atoms with Gasteiger partial charge in [0.25, 0.3) is 0 Å². The van der Waals surface area contributed by atoms with Crippen LogP contribution < -0.4 is 19.7 Å². The van der Waals surface area contributed by atoms with Crippen molar-refractivity contribution in [1.29, 1.82) is 0 Å². The van der Waals surface area contributed by atoms with Crippen LogP contribution in [0.15, 0.2) is 36.4 Å². The van der Waals surface area contributed by atoms with Gasteiger partial charge in [0.15, 0.2) is 11.5 Å². The highest BCUT2D eigenvalue weighted by molar-refractivity contribution is 5.96. The molecule has 1 aliphatic carbocycles. The van der Waals surface area contributed by atoms with Crippen LogP contribution in [0.2, 0.25) is 0 Å². The number of benzene rings is 2. The maximum atomic E-state index is 14.3. The Hall–Kier alpha value is -3.06. The standard InChI is InChI=1S/C31H39FN4O2/c1-37-29-20-24-27(21-30(29)38-19-7-16-35-14-4-5-15-35)34-26-10-6-8-23(26)31(24)33-22-12-17-36(18-13-22)28-11-3-2-9-25(28)32/h2-3,9,11,20-22H,4-8,10,12-19H2,1H3,(H,33,34). The number of methoxy groups -OCH3 is 1. The maximum Gasteiger partial charge on any atom is 0.163 e. The molecule has 2 saturated heterocycles. The summed E-state index contributed by atoms with van der Waals surface area (Å²) < 4.78 is 26.3. The van der Waals surface area contributed by atoms with Gasteiger partial charge < -0.3 is 24.6 Å². The van der Waals surface area contributed by atoms with Crippen molar-refractivity contribution in [1.82, 2.24) is 9.88 Å². The Morgan fingerprint density at radius 1 is 1.00 bits per heavy atom. The Morgan fingerprint density at radius 3 is 2.61 bits per heavy atom. The molecule has 1 N–H and O–H groups in total. The zero-order chi connectivity index (χ0) is 25.9. The number of piperidine rings is 1. The molecular weight excluding hydrogens is 479 g/mol. The number of nitrogens with zero attached hydrogens (tertiary/aromatic N) is 3. The van der Waals surface area contributed by atoms with Crippen molar-refractivity contribution in [2.24, 2.45) is 0 Å². The van der Waals surface area contributed by atoms with Gasteiger partial charge in [0.2, 0.25) is 0 Å². The summed E-state index contributed by atoms with van der Waals surface area (Å²) in [6, 6.07) is 11.6. The molecule has 6 nitrogen and oxygen atoms in total. The molecular formula is C31H39FN4O2. The third kappa shape index (κ3) is 5.26. The van der Waals surface area contributed by atoms with Crippen LogP contribution in [0.5, 0.6) is 11.5 Å². The van der Waals surface area contributed by atoms with Crippen LogP contribution in [0.25, 0.3) is 10.9 Å². The molecule has 1 aromatic heterocycles. The molecule has 3 aromatic rings. The highest BCUT2D eigenvalue weighted by Gasteiger charge is 2.26. The van der Waals surface area contributed by atoms with E-state index in [2.05, 4.69) is 27.2 Å². The fourth-order valence-corrected chi connectivity index (χ4v) is 6.36. The van der Waals surface area contributed by atoms with Crippen LogP contribution in [0, 0.1) is 5.82 Å². The van der Waals surface area contributed by atoms with Crippen LogP contribution in [0.3, 0.4) is 0 Å². The molecule has 6 rings (SSSR count). The molecule has 0 spiro atoms. The van der Waals surface area contributed by atoms with Crippen molar-refractivity contribution in [3.63, 3.8) is 0 Å². The summed E-state index contributed by atoms with van der Waals surface area (Å²) in [5, 5.41) is 5.00. The number of fused-ring (bicyclic) bond motifs is 2. The first-order chi connectivity index (χ1) is 18.7. The smallest absolute Gasteiger partial charge is 0.163 e. The average Bonchev–Trinajstić information content (AvgIpc) is 3.64. The van der Waals surface area contributed by atoms with Gasteiger partial charge in [-0.1, -0.05) is 12.1 Å². The summed E-state index contributed by atoms with van der Waals surface area (Å²) in [6.45, 7) is 5.87. The van der Waals surface area contributed by atoms with Crippen LogP contribution >= 0.6 is 0 Å². The normalized spacial score (nSPS) is 18.2. The van der Waals surface area contributed by atoms with Gasteiger partial charge in [-0.05, 0) is 88.2 Å². The number of anilines is 2. The molecule has 2 aromatic carbocycles. The molecule has 202 valence electrons. The first-order valence-corrected chi connectivity index (χ1v) is 14.3. The number of halogens is 1. The lowest BCUT2D eigenvalue weighted by Gasteiger charge is -2.35. The van der Waals surface area contributed by atoms with Crippen LogP contribution in [-0.4, -0.2) is 62.4 Å². The summed E-state index contributed by atoms with van der Waals surface area (Å²) in [5.41, 5.74) is 5.42. The molecule has 0 saturated carbocycles. The van der Waals surface area contributed by atoms with Crippen molar-refractivity contribution in [2.75, 3.05) is 56.7 Å². The van der Waals surface area contributed by atoms with Crippen molar-refractivity contribution < 1.29 is 13.9 Å². The molecule has 3 aliphatic rings. The van der Waals surface area contributed by atoms with Crippen LogP contribution in [-0.2, 0) is 12.8 Å². The molecule has 38 heavy (non-hydrogen) atoms. The zero-order valence-corrected chi connectivity index (χ0v) is 22.5. The highest BCUT2D eigenvalue weighted by Crippen LogP contribution is 2.40. The molecule has 0 bridgehead atoms. The number of pyridine rings is 1. The van der Waals surface area contributed by atoms with Gasteiger partial charge in [0, 0.05) is 48.5 Å². The number of ether oxygens (including phenoxy) is 2. The third-order valence-electron chi connectivity index (χ3n) is 8.41. The van der Waals surface area contributed by atoms with E-state index in [0.29, 0.717) is 18.3 Å². The van der Waals surface area contributed by atoms with Crippen molar-refractivity contribution in [2.45, 2.75) is 57.4 Å². The molecule has 7 heteroatoms. The lowest BCUT2D eigenvalue weighted by molar-refractivity contribution is 0.254. The molecule has 3 heterocycles. The van der Waals surface area contributed by atoms with Gasteiger partial charge in [-0.3, -0.25) is 4.98 Å². The Labute approximate surface area is 225 Å². The topological polar surface area (TPSA) is 49.9 Å². The van der Waals surface area contributed by atoms with E-state index in [9.17, 15) is 4.39 Å². The van der Waals surface area contributed by atoms with Crippen molar-refractivity contribution in [3.8, 4) is 11.5 Å². The Bertz CT molecular complexity index is 1270. The zero-order valence-electron chi connectivity index (χ0n) is 22.5. The fraction of sp³-hybridized carbons (Fsp3) is 0.516. The largest absolute Gasteiger partial charge is 0.493 e. The second-order valence-electron chi connectivity index (χ2n) is 10.9. The van der Waals surface area contributed by atoms with E-state index in [1.54, 1.807) is 19.2 Å². The summed E-state index contributed by atoms with van der Waals surface area (Å²) in [6.07, 6.45) is 8.76. The van der Waals surface area contributed by atoms with E-state index >= 15 is 0 Å². The Morgan fingerprint density at radius 2 is 1.82 bits per heavy atom. The predicted octanol–water partition coefficient (Wildman–Crippen LogP) is 5.82. The number of aryl methyl sites for hydroxylation is 1. The van der Waals surface area contributed by atoms with Crippen LogP contribution in [0.1, 0.15) is 49.8 Å². The first kappa shape index (κ1) is 25.2. The lowest BCUT2D eigenvalue weighted by atomic mass is 10.0. The van der Waals surface area contributed by atoms with E-state index in [0.717, 1.165) is 80.6 Å². The minimum absolute atomic E-state index is 0.141. The van der Waals surface area contributed by atoms with Gasteiger partial charge in [-0.15, -0.1) is 0 Å². The van der Waals surface area contributed by atoms with Gasteiger partial charge in [0.05, 0.1) is 24.9 Å². The van der Waals surface area contributed by atoms with E-state index in [-0.39, 0.29) is 5.82 Å². The molecule has 0 amide bonds. The minimum Gasteiger partial charge on any atom is -0.493 e. The number of para-hydroxylation sites is 1. The lowest BCUT2D eigenvalue weighted by Crippen LogP contribution is -2.39. The maximum absolute atomic E-state index is 14.3. The second-order valence-corrected chi connectivity index (χ2v) is 10.9. The van der Waals surface area contributed by atoms with Crippen molar-refractivity contribution in [3.05, 3.63) is 53.5 Å². The SMILES string of the molecule is COc1cc2c(NC3CCN(c4ccccc4F)CC3)c3c(nc2cc1OCCCN1CCCC1)CCC3. The summed E-state index contributed by atoms with van der Waals surface area (Å²) >= 11 is 0. The molecule has 0 radical (unpaired) electrons. The van der Waals surface area contributed by atoms with E-state index in [1.807, 2.05) is 12.1 Å². The number of aromatic nitrogens is 1. The fourth-order valence-electron chi connectivity index (χ4n) is 6.36. The molecule has 0 unspecified atom stereocenters. The summed E-state index contributed by atoms with van der Waals surface area (Å²) in [5.74, 6) is 1.39. The van der Waals surface area contributed by atoms with Gasteiger partial charge in [0.1, 0.15) is 5.82 Å². The van der Waals surface area contributed by atoms with E-state index < -0.39 is 0 Å². The monoisotopic (exact) mass is 518 g/mol. The third-order valence-corrected chi connectivity index (χ3v) is 8.41. The Kier molecular flexibility index (Phi) is 7.54. The highest BCUT2D eigenvalue weighted by atomic mass is 19.1. The average molecular weight is 519 g/mol. The van der Waals surface area contributed by atoms with Gasteiger partial charge in [-0.25, -0.2) is 4.39 Å². The van der Waals surface area contributed by atoms with Crippen LogP contribution in [0.4, 0.5) is 15.8 Å². The quantitative estimate of drug-likeness (QED) is 0.361. The molecule has 2 aliphatic heterocycles. The molecule has 0 atom stereocenters. The number of nitrogens with one attached hydrogen (secondary N) is 1.